The standard InChI is InChI=1S/C19H24N4S/c1-19(2,3)17-12-24-18(21-17)14(11-20)16-10-15(22-23(16)4)13-8-6-5-7-9-13/h5-10,12,14H,11,20H2,1-4H3. The van der Waals surface area contributed by atoms with Crippen molar-refractivity contribution in [1.82, 2.24) is 14.8 Å². The maximum atomic E-state index is 6.10. The fraction of sp³-hybridized carbons (Fsp3) is 0.368. The summed E-state index contributed by atoms with van der Waals surface area (Å²) in [6.07, 6.45) is 0. The van der Waals surface area contributed by atoms with E-state index in [2.05, 4.69) is 49.4 Å². The normalized spacial score (nSPS) is 13.2. The molecule has 2 N–H and O–H groups in total. The molecule has 126 valence electrons. The molecule has 0 radical (unpaired) electrons. The Labute approximate surface area is 147 Å². The van der Waals surface area contributed by atoms with E-state index in [1.807, 2.05) is 29.9 Å². The average Bonchev–Trinajstić information content (AvgIpc) is 3.17. The predicted molar refractivity (Wildman–Crippen MR) is 100 cm³/mol. The Morgan fingerprint density at radius 2 is 1.92 bits per heavy atom. The molecule has 0 spiro atoms. The summed E-state index contributed by atoms with van der Waals surface area (Å²) >= 11 is 1.69. The zero-order valence-electron chi connectivity index (χ0n) is 14.7. The molecule has 5 heteroatoms. The van der Waals surface area contributed by atoms with Gasteiger partial charge in [0, 0.05) is 35.6 Å². The third-order valence-electron chi connectivity index (χ3n) is 4.17. The molecule has 0 bridgehead atoms. The van der Waals surface area contributed by atoms with Crippen LogP contribution in [0.4, 0.5) is 0 Å². The van der Waals surface area contributed by atoms with E-state index < -0.39 is 0 Å². The van der Waals surface area contributed by atoms with Gasteiger partial charge in [-0.3, -0.25) is 4.68 Å². The number of benzene rings is 1. The summed E-state index contributed by atoms with van der Waals surface area (Å²) in [6.45, 7) is 7.06. The number of nitrogens with zero attached hydrogens (tertiary/aromatic N) is 3. The number of nitrogens with two attached hydrogens (primary N) is 1. The minimum absolute atomic E-state index is 0.0511. The summed E-state index contributed by atoms with van der Waals surface area (Å²) in [4.78, 5) is 4.85. The molecule has 24 heavy (non-hydrogen) atoms. The van der Waals surface area contributed by atoms with Crippen molar-refractivity contribution in [2.75, 3.05) is 6.54 Å². The highest BCUT2D eigenvalue weighted by atomic mass is 32.1. The molecule has 0 fully saturated rings. The van der Waals surface area contributed by atoms with E-state index >= 15 is 0 Å². The highest BCUT2D eigenvalue weighted by Crippen LogP contribution is 2.32. The molecule has 0 saturated heterocycles. The summed E-state index contributed by atoms with van der Waals surface area (Å²) < 4.78 is 1.93. The zero-order valence-corrected chi connectivity index (χ0v) is 15.5. The van der Waals surface area contributed by atoms with Crippen LogP contribution in [0.1, 0.15) is 43.1 Å². The molecule has 1 aromatic carbocycles. The molecule has 4 nitrogen and oxygen atoms in total. The first-order valence-electron chi connectivity index (χ1n) is 8.15. The second kappa shape index (κ2) is 6.49. The number of hydrogen-bond acceptors (Lipinski definition) is 4. The maximum Gasteiger partial charge on any atom is 0.103 e. The molecule has 2 aromatic heterocycles. The van der Waals surface area contributed by atoms with Crippen LogP contribution >= 0.6 is 11.3 Å². The first-order chi connectivity index (χ1) is 11.4. The van der Waals surface area contributed by atoms with E-state index in [-0.39, 0.29) is 11.3 Å². The minimum Gasteiger partial charge on any atom is -0.329 e. The number of aryl methyl sites for hydroxylation is 1. The van der Waals surface area contributed by atoms with Crippen LogP contribution in [0.15, 0.2) is 41.8 Å². The lowest BCUT2D eigenvalue weighted by molar-refractivity contribution is 0.567. The number of aromatic nitrogens is 3. The smallest absolute Gasteiger partial charge is 0.103 e. The molecule has 0 aliphatic carbocycles. The van der Waals surface area contributed by atoms with Gasteiger partial charge >= 0.3 is 0 Å². The molecule has 0 aliphatic heterocycles. The van der Waals surface area contributed by atoms with Gasteiger partial charge in [-0.1, -0.05) is 51.1 Å². The first kappa shape index (κ1) is 16.9. The number of hydrogen-bond donors (Lipinski definition) is 1. The SMILES string of the molecule is Cn1nc(-c2ccccc2)cc1C(CN)c1nc(C(C)(C)C)cs1. The van der Waals surface area contributed by atoms with Gasteiger partial charge < -0.3 is 5.73 Å². The van der Waals surface area contributed by atoms with Crippen LogP contribution in [0.3, 0.4) is 0 Å². The Balaban J connectivity index is 1.97. The molecular formula is C19H24N4S. The average molecular weight is 340 g/mol. The van der Waals surface area contributed by atoms with Gasteiger partial charge in [0.25, 0.3) is 0 Å². The van der Waals surface area contributed by atoms with Crippen molar-refractivity contribution in [3.63, 3.8) is 0 Å². The van der Waals surface area contributed by atoms with Gasteiger partial charge in [0.1, 0.15) is 5.01 Å². The molecule has 3 rings (SSSR count). The summed E-state index contributed by atoms with van der Waals surface area (Å²) in [6, 6.07) is 12.3. The summed E-state index contributed by atoms with van der Waals surface area (Å²) in [5.74, 6) is 0.0704. The minimum atomic E-state index is 0.0511. The lowest BCUT2D eigenvalue weighted by Crippen LogP contribution is -2.18. The molecule has 0 aliphatic rings. The summed E-state index contributed by atoms with van der Waals surface area (Å²) in [7, 11) is 1.97. The van der Waals surface area contributed by atoms with E-state index in [9.17, 15) is 0 Å². The highest BCUT2D eigenvalue weighted by molar-refractivity contribution is 7.09. The van der Waals surface area contributed by atoms with Gasteiger partial charge in [0.05, 0.1) is 17.3 Å². The van der Waals surface area contributed by atoms with E-state index in [1.54, 1.807) is 11.3 Å². The monoisotopic (exact) mass is 340 g/mol. The largest absolute Gasteiger partial charge is 0.329 e. The van der Waals surface area contributed by atoms with Gasteiger partial charge in [-0.25, -0.2) is 4.98 Å². The van der Waals surface area contributed by atoms with Gasteiger partial charge in [-0.05, 0) is 6.07 Å². The van der Waals surface area contributed by atoms with Crippen LogP contribution in [0.2, 0.25) is 0 Å². The van der Waals surface area contributed by atoms with Crippen molar-refractivity contribution < 1.29 is 0 Å². The highest BCUT2D eigenvalue weighted by Gasteiger charge is 2.24. The molecule has 0 saturated carbocycles. The Morgan fingerprint density at radius 3 is 2.50 bits per heavy atom. The lowest BCUT2D eigenvalue weighted by atomic mass is 9.93. The maximum absolute atomic E-state index is 6.10. The van der Waals surface area contributed by atoms with Crippen molar-refractivity contribution in [3.05, 3.63) is 58.2 Å². The molecule has 0 amide bonds. The Hall–Kier alpha value is -1.98. The van der Waals surface area contributed by atoms with Crippen LogP contribution in [0.25, 0.3) is 11.3 Å². The topological polar surface area (TPSA) is 56.7 Å². The fourth-order valence-corrected chi connectivity index (χ4v) is 3.87. The molecule has 1 unspecified atom stereocenters. The van der Waals surface area contributed by atoms with E-state index in [4.69, 9.17) is 10.7 Å². The first-order valence-corrected chi connectivity index (χ1v) is 9.03. The van der Waals surface area contributed by atoms with Crippen molar-refractivity contribution in [3.8, 4) is 11.3 Å². The quantitative estimate of drug-likeness (QED) is 0.783. The summed E-state index contributed by atoms with van der Waals surface area (Å²) in [5, 5.41) is 7.87. The van der Waals surface area contributed by atoms with Crippen molar-refractivity contribution in [2.24, 2.45) is 12.8 Å². The van der Waals surface area contributed by atoms with Crippen molar-refractivity contribution >= 4 is 11.3 Å². The van der Waals surface area contributed by atoms with Crippen LogP contribution < -0.4 is 5.73 Å². The second-order valence-corrected chi connectivity index (χ2v) is 7.94. The Bertz CT molecular complexity index is 812. The van der Waals surface area contributed by atoms with E-state index in [0.29, 0.717) is 6.54 Å². The predicted octanol–water partition coefficient (Wildman–Crippen LogP) is 3.93. The van der Waals surface area contributed by atoms with Crippen LogP contribution in [0.5, 0.6) is 0 Å². The molecule has 2 heterocycles. The molecule has 1 atom stereocenters. The molecular weight excluding hydrogens is 316 g/mol. The van der Waals surface area contributed by atoms with Gasteiger partial charge in [-0.2, -0.15) is 5.10 Å². The van der Waals surface area contributed by atoms with Crippen LogP contribution in [-0.2, 0) is 12.5 Å². The van der Waals surface area contributed by atoms with Crippen LogP contribution in [0, 0.1) is 0 Å². The second-order valence-electron chi connectivity index (χ2n) is 7.05. The number of rotatable bonds is 4. The third kappa shape index (κ3) is 3.28. The van der Waals surface area contributed by atoms with Crippen LogP contribution in [-0.4, -0.2) is 21.3 Å². The zero-order chi connectivity index (χ0) is 17.3. The van der Waals surface area contributed by atoms with Gasteiger partial charge in [0.2, 0.25) is 0 Å². The number of thiazole rings is 1. The molecule has 3 aromatic rings. The van der Waals surface area contributed by atoms with E-state index in [0.717, 1.165) is 27.7 Å². The Kier molecular flexibility index (Phi) is 4.56. The third-order valence-corrected chi connectivity index (χ3v) is 5.13. The lowest BCUT2D eigenvalue weighted by Gasteiger charge is -2.15. The summed E-state index contributed by atoms with van der Waals surface area (Å²) in [5.41, 5.74) is 10.5. The Morgan fingerprint density at radius 1 is 1.21 bits per heavy atom. The van der Waals surface area contributed by atoms with Gasteiger partial charge in [-0.15, -0.1) is 11.3 Å². The fourth-order valence-electron chi connectivity index (χ4n) is 2.70. The van der Waals surface area contributed by atoms with E-state index in [1.165, 1.54) is 0 Å². The van der Waals surface area contributed by atoms with Crippen molar-refractivity contribution in [2.45, 2.75) is 32.1 Å². The van der Waals surface area contributed by atoms with Gasteiger partial charge in [0.15, 0.2) is 0 Å². The van der Waals surface area contributed by atoms with Crippen molar-refractivity contribution in [1.29, 1.82) is 0 Å².